The molecule has 0 N–H and O–H groups in total. The van der Waals surface area contributed by atoms with E-state index in [0.717, 1.165) is 25.9 Å². The minimum atomic E-state index is -0.246. The van der Waals surface area contributed by atoms with Gasteiger partial charge in [-0.05, 0) is 43.5 Å². The van der Waals surface area contributed by atoms with Crippen LogP contribution in [0.3, 0.4) is 0 Å². The molecule has 5 rings (SSSR count). The first-order valence-corrected chi connectivity index (χ1v) is 12.9. The largest absolute Gasteiger partial charge is 0.354 e. The van der Waals surface area contributed by atoms with Crippen LogP contribution in [0.15, 0.2) is 36.7 Å². The lowest BCUT2D eigenvalue weighted by Gasteiger charge is -2.24. The van der Waals surface area contributed by atoms with Crippen molar-refractivity contribution < 1.29 is 9.59 Å². The van der Waals surface area contributed by atoms with E-state index in [9.17, 15) is 20.1 Å². The zero-order chi connectivity index (χ0) is 25.8. The number of carbonyl (C=O) groups is 2. The summed E-state index contributed by atoms with van der Waals surface area (Å²) in [5.74, 6) is 0.964. The third kappa shape index (κ3) is 5.19. The first kappa shape index (κ1) is 24.5. The minimum Gasteiger partial charge on any atom is -0.354 e. The minimum absolute atomic E-state index is 0.0605. The van der Waals surface area contributed by atoms with Crippen LogP contribution in [0.25, 0.3) is 0 Å². The van der Waals surface area contributed by atoms with E-state index in [1.165, 1.54) is 0 Å². The normalized spacial score (nSPS) is 21.9. The number of rotatable bonds is 4. The van der Waals surface area contributed by atoms with Gasteiger partial charge in [0.25, 0.3) is 0 Å². The van der Waals surface area contributed by atoms with E-state index in [1.54, 1.807) is 36.7 Å². The lowest BCUT2D eigenvalue weighted by molar-refractivity contribution is -0.137. The van der Waals surface area contributed by atoms with Crippen LogP contribution < -0.4 is 9.80 Å². The maximum atomic E-state index is 13.3. The molecule has 10 heteroatoms. The molecule has 3 fully saturated rings. The van der Waals surface area contributed by atoms with Gasteiger partial charge in [-0.15, -0.1) is 0 Å². The summed E-state index contributed by atoms with van der Waals surface area (Å²) in [5.41, 5.74) is 1.08. The molecule has 1 aliphatic carbocycles. The van der Waals surface area contributed by atoms with Gasteiger partial charge in [0.05, 0.1) is 23.0 Å². The molecule has 190 valence electrons. The number of pyridine rings is 2. The highest BCUT2D eigenvalue weighted by molar-refractivity contribution is 5.92. The van der Waals surface area contributed by atoms with E-state index in [2.05, 4.69) is 31.9 Å². The van der Waals surface area contributed by atoms with Gasteiger partial charge >= 0.3 is 0 Å². The number of amides is 2. The van der Waals surface area contributed by atoms with Gasteiger partial charge in [0, 0.05) is 64.8 Å². The molecule has 0 spiro atoms. The third-order valence-corrected chi connectivity index (χ3v) is 7.45. The van der Waals surface area contributed by atoms with Gasteiger partial charge in [0.2, 0.25) is 11.8 Å². The Morgan fingerprint density at radius 1 is 0.703 bits per heavy atom. The van der Waals surface area contributed by atoms with Crippen molar-refractivity contribution in [2.45, 2.75) is 19.3 Å². The number of nitriles is 2. The Hall–Kier alpha value is -4.18. The molecule has 3 aliphatic rings. The lowest BCUT2D eigenvalue weighted by Crippen LogP contribution is -2.39. The molecule has 1 saturated carbocycles. The Morgan fingerprint density at radius 2 is 1.16 bits per heavy atom. The zero-order valence-electron chi connectivity index (χ0n) is 20.8. The second kappa shape index (κ2) is 10.8. The fraction of sp³-hybridized carbons (Fsp3) is 0.481. The van der Waals surface area contributed by atoms with Crippen LogP contribution in [-0.2, 0) is 9.59 Å². The van der Waals surface area contributed by atoms with Gasteiger partial charge in [-0.2, -0.15) is 10.5 Å². The Labute approximate surface area is 216 Å². The standard InChI is InChI=1S/C27H30N8O2/c28-18-20-5-1-7-30-24(20)32-9-3-11-34(15-13-32)26(36)22-17-23(22)27(37)35-12-4-10-33(14-16-35)25-21(19-29)6-2-8-31-25/h1-2,5-8,22-23H,3-4,9-17H2. The Balaban J connectivity index is 1.15. The van der Waals surface area contributed by atoms with Crippen molar-refractivity contribution in [2.75, 3.05) is 62.2 Å². The first-order valence-electron chi connectivity index (χ1n) is 12.9. The molecule has 0 aromatic carbocycles. The molecule has 37 heavy (non-hydrogen) atoms. The molecule has 2 aromatic heterocycles. The third-order valence-electron chi connectivity index (χ3n) is 7.45. The quantitative estimate of drug-likeness (QED) is 0.624. The molecule has 0 bridgehead atoms. The van der Waals surface area contributed by atoms with Crippen molar-refractivity contribution >= 4 is 23.5 Å². The van der Waals surface area contributed by atoms with Crippen LogP contribution in [0.1, 0.15) is 30.4 Å². The van der Waals surface area contributed by atoms with Crippen molar-refractivity contribution in [3.63, 3.8) is 0 Å². The molecule has 10 nitrogen and oxygen atoms in total. The molecular weight excluding hydrogens is 468 g/mol. The van der Waals surface area contributed by atoms with Crippen LogP contribution in [-0.4, -0.2) is 83.9 Å². The topological polar surface area (TPSA) is 120 Å². The highest BCUT2D eigenvalue weighted by Crippen LogP contribution is 2.42. The summed E-state index contributed by atoms with van der Waals surface area (Å²) in [5, 5.41) is 18.8. The molecule has 2 amide bonds. The number of hydrogen-bond donors (Lipinski definition) is 0. The van der Waals surface area contributed by atoms with E-state index in [-0.39, 0.29) is 23.7 Å². The summed E-state index contributed by atoms with van der Waals surface area (Å²) < 4.78 is 0. The maximum Gasteiger partial charge on any atom is 0.226 e. The summed E-state index contributed by atoms with van der Waals surface area (Å²) in [6, 6.07) is 11.4. The van der Waals surface area contributed by atoms with Crippen molar-refractivity contribution in [1.29, 1.82) is 10.5 Å². The Kier molecular flexibility index (Phi) is 7.18. The fourth-order valence-electron chi connectivity index (χ4n) is 5.38. The molecule has 0 radical (unpaired) electrons. The number of nitrogens with zero attached hydrogens (tertiary/aromatic N) is 8. The second-order valence-electron chi connectivity index (χ2n) is 9.75. The monoisotopic (exact) mass is 498 g/mol. The fourth-order valence-corrected chi connectivity index (χ4v) is 5.38. The summed E-state index contributed by atoms with van der Waals surface area (Å²) in [4.78, 5) is 43.2. The van der Waals surface area contributed by atoms with Gasteiger partial charge < -0.3 is 19.6 Å². The first-order chi connectivity index (χ1) is 18.1. The predicted octanol–water partition coefficient (Wildman–Crippen LogP) is 1.63. The van der Waals surface area contributed by atoms with Crippen LogP contribution >= 0.6 is 0 Å². The molecule has 2 saturated heterocycles. The SMILES string of the molecule is N#Cc1cccnc1N1CCCN(C(=O)C2CC2C(=O)N2CCCN(c3ncccc3C#N)CC2)CC1. The molecule has 2 atom stereocenters. The van der Waals surface area contributed by atoms with E-state index >= 15 is 0 Å². The summed E-state index contributed by atoms with van der Waals surface area (Å²) >= 11 is 0. The van der Waals surface area contributed by atoms with Gasteiger partial charge in [0.15, 0.2) is 0 Å². The molecule has 2 unspecified atom stereocenters. The number of hydrogen-bond acceptors (Lipinski definition) is 8. The highest BCUT2D eigenvalue weighted by atomic mass is 16.2. The van der Waals surface area contributed by atoms with Crippen LogP contribution in [0, 0.1) is 34.5 Å². The molecule has 4 heterocycles. The van der Waals surface area contributed by atoms with Crippen molar-refractivity contribution in [3.05, 3.63) is 47.8 Å². The molecule has 2 aromatic rings. The molecular formula is C27H30N8O2. The van der Waals surface area contributed by atoms with Crippen LogP contribution in [0.5, 0.6) is 0 Å². The maximum absolute atomic E-state index is 13.3. The van der Waals surface area contributed by atoms with Crippen LogP contribution in [0.2, 0.25) is 0 Å². The lowest BCUT2D eigenvalue weighted by atomic mass is 10.2. The van der Waals surface area contributed by atoms with Crippen molar-refractivity contribution in [3.8, 4) is 12.1 Å². The van der Waals surface area contributed by atoms with E-state index in [0.29, 0.717) is 68.5 Å². The Morgan fingerprint density at radius 3 is 1.59 bits per heavy atom. The Bertz CT molecular complexity index is 1160. The second-order valence-corrected chi connectivity index (χ2v) is 9.75. The van der Waals surface area contributed by atoms with Gasteiger partial charge in [-0.3, -0.25) is 9.59 Å². The van der Waals surface area contributed by atoms with Crippen molar-refractivity contribution in [1.82, 2.24) is 19.8 Å². The summed E-state index contributed by atoms with van der Waals surface area (Å²) in [6.07, 6.45) is 5.56. The summed E-state index contributed by atoms with van der Waals surface area (Å²) in [6.45, 7) is 5.10. The summed E-state index contributed by atoms with van der Waals surface area (Å²) in [7, 11) is 0. The smallest absolute Gasteiger partial charge is 0.226 e. The van der Waals surface area contributed by atoms with Gasteiger partial charge in [-0.25, -0.2) is 9.97 Å². The van der Waals surface area contributed by atoms with Gasteiger partial charge in [0.1, 0.15) is 23.8 Å². The van der Waals surface area contributed by atoms with E-state index in [1.807, 2.05) is 9.80 Å². The zero-order valence-corrected chi connectivity index (χ0v) is 20.8. The highest BCUT2D eigenvalue weighted by Gasteiger charge is 2.51. The van der Waals surface area contributed by atoms with E-state index in [4.69, 9.17) is 0 Å². The van der Waals surface area contributed by atoms with Crippen LogP contribution in [0.4, 0.5) is 11.6 Å². The number of anilines is 2. The van der Waals surface area contributed by atoms with Crippen molar-refractivity contribution in [2.24, 2.45) is 11.8 Å². The van der Waals surface area contributed by atoms with Gasteiger partial charge in [-0.1, -0.05) is 0 Å². The predicted molar refractivity (Wildman–Crippen MR) is 136 cm³/mol. The average molecular weight is 499 g/mol. The molecule has 2 aliphatic heterocycles. The number of aromatic nitrogens is 2. The van der Waals surface area contributed by atoms with E-state index < -0.39 is 0 Å². The average Bonchev–Trinajstić information content (AvgIpc) is 3.78. The number of carbonyl (C=O) groups excluding carboxylic acids is 2.